The summed E-state index contributed by atoms with van der Waals surface area (Å²) in [5.41, 5.74) is 2.98. The Morgan fingerprint density at radius 2 is 1.82 bits per heavy atom. The Bertz CT molecular complexity index is 931. The van der Waals surface area contributed by atoms with E-state index in [-0.39, 0.29) is 12.2 Å². The van der Waals surface area contributed by atoms with Crippen LogP contribution in [-0.4, -0.2) is 22.4 Å². The second-order valence-corrected chi connectivity index (χ2v) is 6.36. The quantitative estimate of drug-likeness (QED) is 0.494. The van der Waals surface area contributed by atoms with E-state index in [0.717, 1.165) is 27.5 Å². The summed E-state index contributed by atoms with van der Waals surface area (Å²) in [6.07, 6.45) is -2.04. The number of aliphatic hydroxyl groups is 2. The molecule has 2 aliphatic rings. The van der Waals surface area contributed by atoms with Crippen LogP contribution in [0.5, 0.6) is 0 Å². The fourth-order valence-corrected chi connectivity index (χ4v) is 4.01. The number of hydrogen-bond donors (Lipinski definition) is 2. The number of rotatable bonds is 0. The van der Waals surface area contributed by atoms with Gasteiger partial charge in [0, 0.05) is 0 Å². The van der Waals surface area contributed by atoms with Gasteiger partial charge >= 0.3 is 0 Å². The van der Waals surface area contributed by atoms with Gasteiger partial charge in [-0.2, -0.15) is 0 Å². The lowest BCUT2D eigenvalue weighted by atomic mass is 9.82. The van der Waals surface area contributed by atoms with Gasteiger partial charge in [-0.15, -0.1) is 0 Å². The van der Waals surface area contributed by atoms with Crippen LogP contribution >= 0.6 is 0 Å². The van der Waals surface area contributed by atoms with E-state index < -0.39 is 12.2 Å². The molecular formula is C19H16O3. The van der Waals surface area contributed by atoms with Crippen molar-refractivity contribution in [2.45, 2.75) is 31.3 Å². The number of fused-ring (bicyclic) bond motifs is 7. The highest BCUT2D eigenvalue weighted by molar-refractivity contribution is 6.10. The molecule has 1 aliphatic heterocycles. The number of hydrogen-bond acceptors (Lipinski definition) is 3. The summed E-state index contributed by atoms with van der Waals surface area (Å²) in [5, 5.41) is 25.4. The largest absolute Gasteiger partial charge is 0.387 e. The third-order valence-corrected chi connectivity index (χ3v) is 5.08. The van der Waals surface area contributed by atoms with Crippen molar-refractivity contribution in [1.82, 2.24) is 0 Å². The molecule has 0 saturated carbocycles. The van der Waals surface area contributed by atoms with Gasteiger partial charge in [0.1, 0.15) is 24.4 Å². The van der Waals surface area contributed by atoms with Gasteiger partial charge in [0.05, 0.1) is 0 Å². The first kappa shape index (κ1) is 12.6. The van der Waals surface area contributed by atoms with Crippen molar-refractivity contribution in [3.63, 3.8) is 0 Å². The molecule has 1 heterocycles. The molecule has 0 spiro atoms. The maximum atomic E-state index is 10.6. The number of epoxide rings is 1. The molecule has 1 saturated heterocycles. The zero-order valence-corrected chi connectivity index (χ0v) is 12.2. The average molecular weight is 292 g/mol. The molecule has 110 valence electrons. The minimum Gasteiger partial charge on any atom is -0.387 e. The fourth-order valence-electron chi connectivity index (χ4n) is 4.01. The van der Waals surface area contributed by atoms with Crippen LogP contribution in [0.1, 0.15) is 28.9 Å². The fraction of sp³-hybridized carbons (Fsp3) is 0.263. The highest BCUT2D eigenvalue weighted by Crippen LogP contribution is 2.53. The van der Waals surface area contributed by atoms with Crippen LogP contribution in [0.2, 0.25) is 0 Å². The van der Waals surface area contributed by atoms with Crippen molar-refractivity contribution >= 4 is 21.5 Å². The predicted molar refractivity (Wildman–Crippen MR) is 84.8 cm³/mol. The molecule has 0 bridgehead atoms. The summed E-state index contributed by atoms with van der Waals surface area (Å²) in [5.74, 6) is 0. The van der Waals surface area contributed by atoms with Crippen LogP contribution in [0.4, 0.5) is 0 Å². The van der Waals surface area contributed by atoms with E-state index in [1.165, 1.54) is 10.8 Å². The molecule has 3 nitrogen and oxygen atoms in total. The first-order valence-corrected chi connectivity index (χ1v) is 7.63. The van der Waals surface area contributed by atoms with Gasteiger partial charge in [-0.1, -0.05) is 42.5 Å². The Hall–Kier alpha value is -1.94. The average Bonchev–Trinajstić information content (AvgIpc) is 3.32. The number of aliphatic hydroxyl groups excluding tert-OH is 2. The highest BCUT2D eigenvalue weighted by atomic mass is 16.6. The van der Waals surface area contributed by atoms with Crippen molar-refractivity contribution in [2.75, 3.05) is 0 Å². The zero-order chi connectivity index (χ0) is 15.0. The molecule has 0 unspecified atom stereocenters. The van der Waals surface area contributed by atoms with Gasteiger partial charge in [-0.3, -0.25) is 0 Å². The summed E-state index contributed by atoms with van der Waals surface area (Å²) >= 11 is 0. The lowest BCUT2D eigenvalue weighted by Crippen LogP contribution is -2.29. The highest BCUT2D eigenvalue weighted by Gasteiger charge is 2.54. The summed E-state index contributed by atoms with van der Waals surface area (Å²) in [4.78, 5) is 0. The monoisotopic (exact) mass is 292 g/mol. The van der Waals surface area contributed by atoms with Crippen LogP contribution in [0.15, 0.2) is 42.5 Å². The van der Waals surface area contributed by atoms with Gasteiger partial charge in [0.25, 0.3) is 0 Å². The van der Waals surface area contributed by atoms with E-state index in [1.54, 1.807) is 0 Å². The van der Waals surface area contributed by atoms with E-state index >= 15 is 0 Å². The van der Waals surface area contributed by atoms with Gasteiger partial charge in [-0.25, -0.2) is 0 Å². The molecule has 0 aromatic heterocycles. The minimum absolute atomic E-state index is 0.0660. The Morgan fingerprint density at radius 1 is 1.00 bits per heavy atom. The van der Waals surface area contributed by atoms with Gasteiger partial charge in [0.15, 0.2) is 0 Å². The molecule has 5 rings (SSSR count). The SMILES string of the molecule is Cc1cc2ccccc2c2ccc3c(c12)[C@H](O)[C@@H](O)[C@H]1O[C@@H]31. The molecule has 4 atom stereocenters. The molecule has 22 heavy (non-hydrogen) atoms. The minimum atomic E-state index is -0.887. The normalized spacial score (nSPS) is 29.4. The van der Waals surface area contributed by atoms with Crippen LogP contribution in [-0.2, 0) is 4.74 Å². The summed E-state index contributed by atoms with van der Waals surface area (Å²) in [6.45, 7) is 2.06. The van der Waals surface area contributed by atoms with Gasteiger partial charge in [-0.05, 0) is 45.2 Å². The molecule has 0 amide bonds. The van der Waals surface area contributed by atoms with E-state index in [1.807, 2.05) is 18.2 Å². The van der Waals surface area contributed by atoms with E-state index in [4.69, 9.17) is 4.74 Å². The second-order valence-electron chi connectivity index (χ2n) is 6.36. The van der Waals surface area contributed by atoms with E-state index in [9.17, 15) is 10.2 Å². The Kier molecular flexibility index (Phi) is 2.33. The van der Waals surface area contributed by atoms with Crippen LogP contribution in [0.3, 0.4) is 0 Å². The molecule has 0 radical (unpaired) electrons. The summed E-state index contributed by atoms with van der Waals surface area (Å²) < 4.78 is 5.55. The van der Waals surface area contributed by atoms with Crippen LogP contribution in [0, 0.1) is 6.92 Å². The number of aryl methyl sites for hydroxylation is 1. The Balaban J connectivity index is 1.95. The number of benzene rings is 3. The van der Waals surface area contributed by atoms with Crippen molar-refractivity contribution < 1.29 is 14.9 Å². The zero-order valence-electron chi connectivity index (χ0n) is 12.2. The topological polar surface area (TPSA) is 53.0 Å². The smallest absolute Gasteiger partial charge is 0.118 e. The molecule has 3 aromatic carbocycles. The van der Waals surface area contributed by atoms with E-state index in [2.05, 4.69) is 31.2 Å². The van der Waals surface area contributed by atoms with Crippen molar-refractivity contribution in [3.8, 4) is 0 Å². The van der Waals surface area contributed by atoms with Crippen molar-refractivity contribution in [3.05, 3.63) is 59.2 Å². The third-order valence-electron chi connectivity index (χ3n) is 5.08. The molecule has 1 fully saturated rings. The number of ether oxygens (including phenoxy) is 1. The second kappa shape index (κ2) is 4.07. The van der Waals surface area contributed by atoms with Crippen molar-refractivity contribution in [1.29, 1.82) is 0 Å². The Labute approximate surface area is 127 Å². The first-order chi connectivity index (χ1) is 10.7. The molecular weight excluding hydrogens is 276 g/mol. The molecule has 2 N–H and O–H groups in total. The lowest BCUT2D eigenvalue weighted by Gasteiger charge is -2.26. The maximum Gasteiger partial charge on any atom is 0.118 e. The molecule has 3 heteroatoms. The predicted octanol–water partition coefficient (Wildman–Crippen LogP) is 3.15. The standard InChI is InChI=1S/C19H16O3/c1-9-8-10-4-2-3-5-11(10)12-6-7-13-15(14(9)12)16(20)17(21)19-18(13)22-19/h2-8,16-21H,1H3/t16-,17+,18-,19+/m0/s1. The van der Waals surface area contributed by atoms with Gasteiger partial charge < -0.3 is 14.9 Å². The van der Waals surface area contributed by atoms with Gasteiger partial charge in [0.2, 0.25) is 0 Å². The molecule has 3 aromatic rings. The van der Waals surface area contributed by atoms with Crippen LogP contribution < -0.4 is 0 Å². The molecule has 1 aliphatic carbocycles. The lowest BCUT2D eigenvalue weighted by molar-refractivity contribution is 0.000816. The van der Waals surface area contributed by atoms with Crippen molar-refractivity contribution in [2.24, 2.45) is 0 Å². The maximum absolute atomic E-state index is 10.6. The summed E-state index contributed by atoms with van der Waals surface area (Å²) in [7, 11) is 0. The van der Waals surface area contributed by atoms with Crippen LogP contribution in [0.25, 0.3) is 21.5 Å². The summed E-state index contributed by atoms with van der Waals surface area (Å²) in [6, 6.07) is 14.6. The van der Waals surface area contributed by atoms with E-state index in [0.29, 0.717) is 0 Å². The Morgan fingerprint density at radius 3 is 2.68 bits per heavy atom. The first-order valence-electron chi connectivity index (χ1n) is 7.63. The third kappa shape index (κ3) is 1.46.